The average molecular weight is 524 g/mol. The molecule has 5 rings (SSSR count). The molecule has 3 aromatic heterocycles. The van der Waals surface area contributed by atoms with Gasteiger partial charge in [0, 0.05) is 63.7 Å². The van der Waals surface area contributed by atoms with Gasteiger partial charge < -0.3 is 9.64 Å². The Kier molecular flexibility index (Phi) is 8.67. The first-order valence-corrected chi connectivity index (χ1v) is 12.5. The van der Waals surface area contributed by atoms with Gasteiger partial charge in [0.25, 0.3) is 0 Å². The van der Waals surface area contributed by atoms with E-state index in [0.29, 0.717) is 42.4 Å². The SMILES string of the molecule is CC(=O)N(C)CCn1cccn1.Cc1nc2nc(C3CCOCC3)nc(-c3ccc(F)cc3F)c2nc1C. The molecule has 0 aliphatic carbocycles. The normalized spacial score (nSPS) is 13.7. The van der Waals surface area contributed by atoms with Crippen molar-refractivity contribution in [1.82, 2.24) is 34.6 Å². The molecule has 0 spiro atoms. The number of likely N-dealkylation sites (N-methyl/N-ethyl adjacent to an activating group) is 1. The Morgan fingerprint density at radius 1 is 1.11 bits per heavy atom. The van der Waals surface area contributed by atoms with Crippen molar-refractivity contribution in [3.8, 4) is 11.3 Å². The Labute approximate surface area is 219 Å². The summed E-state index contributed by atoms with van der Waals surface area (Å²) >= 11 is 0. The largest absolute Gasteiger partial charge is 0.381 e. The fourth-order valence-electron chi connectivity index (χ4n) is 3.98. The Hall–Kier alpha value is -3.86. The highest BCUT2D eigenvalue weighted by Gasteiger charge is 2.23. The molecule has 11 heteroatoms. The number of hydrogen-bond acceptors (Lipinski definition) is 7. The van der Waals surface area contributed by atoms with Crippen LogP contribution >= 0.6 is 0 Å². The van der Waals surface area contributed by atoms with Gasteiger partial charge in [-0.3, -0.25) is 9.48 Å². The van der Waals surface area contributed by atoms with Crippen LogP contribution in [0.25, 0.3) is 22.4 Å². The van der Waals surface area contributed by atoms with Crippen molar-refractivity contribution in [3.63, 3.8) is 0 Å². The Morgan fingerprint density at radius 2 is 1.84 bits per heavy atom. The summed E-state index contributed by atoms with van der Waals surface area (Å²) in [7, 11) is 1.78. The summed E-state index contributed by atoms with van der Waals surface area (Å²) in [6.07, 6.45) is 5.21. The third-order valence-corrected chi connectivity index (χ3v) is 6.49. The maximum Gasteiger partial charge on any atom is 0.219 e. The van der Waals surface area contributed by atoms with Gasteiger partial charge >= 0.3 is 0 Å². The molecule has 38 heavy (non-hydrogen) atoms. The molecule has 0 unspecified atom stereocenters. The fraction of sp³-hybridized carbons (Fsp3) is 0.407. The van der Waals surface area contributed by atoms with E-state index >= 15 is 0 Å². The molecule has 1 saturated heterocycles. The maximum atomic E-state index is 14.4. The molecule has 0 atom stereocenters. The summed E-state index contributed by atoms with van der Waals surface area (Å²) < 4.78 is 35.0. The lowest BCUT2D eigenvalue weighted by Gasteiger charge is -2.21. The van der Waals surface area contributed by atoms with Crippen LogP contribution < -0.4 is 0 Å². The van der Waals surface area contributed by atoms with E-state index in [1.54, 1.807) is 29.7 Å². The number of fused-ring (bicyclic) bond motifs is 1. The predicted octanol–water partition coefficient (Wildman–Crippen LogP) is 4.24. The smallest absolute Gasteiger partial charge is 0.219 e. The third-order valence-electron chi connectivity index (χ3n) is 6.49. The third kappa shape index (κ3) is 6.52. The number of rotatable bonds is 5. The molecular formula is C27H31F2N7O2. The number of halogens is 2. The molecule has 200 valence electrons. The van der Waals surface area contributed by atoms with E-state index in [2.05, 4.69) is 25.0 Å². The molecule has 1 aliphatic heterocycles. The lowest BCUT2D eigenvalue weighted by Crippen LogP contribution is -2.27. The Balaban J connectivity index is 0.000000236. The molecule has 0 N–H and O–H groups in total. The van der Waals surface area contributed by atoms with Crippen LogP contribution in [0.15, 0.2) is 36.7 Å². The van der Waals surface area contributed by atoms with E-state index in [-0.39, 0.29) is 17.4 Å². The summed E-state index contributed by atoms with van der Waals surface area (Å²) in [5, 5.41) is 4.03. The van der Waals surface area contributed by atoms with Crippen molar-refractivity contribution in [3.05, 3.63) is 65.5 Å². The molecule has 1 aliphatic rings. The summed E-state index contributed by atoms with van der Waals surface area (Å²) in [5.74, 6) is -0.492. The average Bonchev–Trinajstić information content (AvgIpc) is 3.42. The van der Waals surface area contributed by atoms with Gasteiger partial charge in [-0.15, -0.1) is 0 Å². The number of hydrogen-bond donors (Lipinski definition) is 0. The molecule has 1 amide bonds. The van der Waals surface area contributed by atoms with Crippen LogP contribution in [0.1, 0.15) is 42.9 Å². The topological polar surface area (TPSA) is 98.9 Å². The van der Waals surface area contributed by atoms with Gasteiger partial charge in [0.1, 0.15) is 28.7 Å². The predicted molar refractivity (Wildman–Crippen MR) is 138 cm³/mol. The van der Waals surface area contributed by atoms with E-state index in [4.69, 9.17) is 4.74 Å². The standard InChI is InChI=1S/C19H18F2N4O.C8H13N3O/c1-10-11(2)23-19-17(22-10)16(14-4-3-13(20)9-15(14)21)24-18(25-19)12-5-7-26-8-6-12;1-8(12)10(2)6-7-11-5-3-4-9-11/h3-4,9,12H,5-8H2,1-2H3;3-5H,6-7H2,1-2H3. The first kappa shape index (κ1) is 27.2. The number of carbonyl (C=O) groups is 1. The molecule has 4 aromatic rings. The van der Waals surface area contributed by atoms with E-state index in [1.807, 2.05) is 26.1 Å². The highest BCUT2D eigenvalue weighted by Crippen LogP contribution is 2.31. The molecule has 1 fully saturated rings. The summed E-state index contributed by atoms with van der Waals surface area (Å²) in [6.45, 7) is 7.99. The molecular weight excluding hydrogens is 492 g/mol. The van der Waals surface area contributed by atoms with Crippen molar-refractivity contribution in [2.24, 2.45) is 0 Å². The molecule has 0 radical (unpaired) electrons. The van der Waals surface area contributed by atoms with Crippen LogP contribution in [-0.2, 0) is 16.1 Å². The number of carbonyl (C=O) groups excluding carboxylic acids is 1. The number of nitrogens with zero attached hydrogens (tertiary/aromatic N) is 7. The molecule has 0 bridgehead atoms. The minimum atomic E-state index is -0.678. The molecule has 4 heterocycles. The highest BCUT2D eigenvalue weighted by molar-refractivity contribution is 5.87. The summed E-state index contributed by atoms with van der Waals surface area (Å²) in [6, 6.07) is 5.33. The van der Waals surface area contributed by atoms with E-state index in [0.717, 1.165) is 36.8 Å². The van der Waals surface area contributed by atoms with Crippen molar-refractivity contribution < 1.29 is 18.3 Å². The Morgan fingerprint density at radius 3 is 2.50 bits per heavy atom. The first-order valence-electron chi connectivity index (χ1n) is 12.5. The maximum absolute atomic E-state index is 14.4. The van der Waals surface area contributed by atoms with Crippen LogP contribution in [0.2, 0.25) is 0 Å². The van der Waals surface area contributed by atoms with Gasteiger partial charge in [-0.2, -0.15) is 5.10 Å². The fourth-order valence-corrected chi connectivity index (χ4v) is 3.98. The van der Waals surface area contributed by atoms with Crippen molar-refractivity contribution in [2.45, 2.75) is 46.1 Å². The van der Waals surface area contributed by atoms with Gasteiger partial charge in [0.05, 0.1) is 17.9 Å². The zero-order chi connectivity index (χ0) is 27.2. The minimum Gasteiger partial charge on any atom is -0.381 e. The van der Waals surface area contributed by atoms with Crippen LogP contribution in [0, 0.1) is 25.5 Å². The molecule has 9 nitrogen and oxygen atoms in total. The zero-order valence-electron chi connectivity index (χ0n) is 22.0. The van der Waals surface area contributed by atoms with Gasteiger partial charge in [0.15, 0.2) is 5.65 Å². The zero-order valence-corrected chi connectivity index (χ0v) is 22.0. The number of ether oxygens (including phenoxy) is 1. The van der Waals surface area contributed by atoms with Gasteiger partial charge in [-0.25, -0.2) is 28.7 Å². The van der Waals surface area contributed by atoms with Crippen LogP contribution in [-0.4, -0.2) is 67.3 Å². The second kappa shape index (κ2) is 12.1. The number of aromatic nitrogens is 6. The quantitative estimate of drug-likeness (QED) is 0.386. The minimum absolute atomic E-state index is 0.0853. The number of amides is 1. The van der Waals surface area contributed by atoms with Crippen LogP contribution in [0.4, 0.5) is 8.78 Å². The van der Waals surface area contributed by atoms with E-state index in [1.165, 1.54) is 12.1 Å². The lowest BCUT2D eigenvalue weighted by atomic mass is 9.99. The van der Waals surface area contributed by atoms with Gasteiger partial charge in [-0.1, -0.05) is 0 Å². The summed E-state index contributed by atoms with van der Waals surface area (Å²) in [4.78, 5) is 30.7. The molecule has 1 aromatic carbocycles. The summed E-state index contributed by atoms with van der Waals surface area (Å²) in [5.41, 5.74) is 2.90. The highest BCUT2D eigenvalue weighted by atomic mass is 19.1. The van der Waals surface area contributed by atoms with Crippen LogP contribution in [0.3, 0.4) is 0 Å². The van der Waals surface area contributed by atoms with Crippen molar-refractivity contribution in [2.75, 3.05) is 26.8 Å². The lowest BCUT2D eigenvalue weighted by molar-refractivity contribution is -0.127. The Bertz CT molecular complexity index is 1410. The molecule has 0 saturated carbocycles. The second-order valence-corrected chi connectivity index (χ2v) is 9.22. The van der Waals surface area contributed by atoms with E-state index in [9.17, 15) is 13.6 Å². The number of benzene rings is 1. The van der Waals surface area contributed by atoms with Crippen molar-refractivity contribution in [1.29, 1.82) is 0 Å². The monoisotopic (exact) mass is 523 g/mol. The number of aryl methyl sites for hydroxylation is 2. The second-order valence-electron chi connectivity index (χ2n) is 9.22. The van der Waals surface area contributed by atoms with Gasteiger partial charge in [0.2, 0.25) is 5.91 Å². The van der Waals surface area contributed by atoms with Gasteiger partial charge in [-0.05, 0) is 44.9 Å². The van der Waals surface area contributed by atoms with Crippen LogP contribution in [0.5, 0.6) is 0 Å². The van der Waals surface area contributed by atoms with E-state index < -0.39 is 11.6 Å². The first-order chi connectivity index (χ1) is 18.2. The van der Waals surface area contributed by atoms with Crippen molar-refractivity contribution >= 4 is 17.1 Å².